The Balaban J connectivity index is 1.36. The van der Waals surface area contributed by atoms with Crippen molar-refractivity contribution in [1.29, 1.82) is 0 Å². The van der Waals surface area contributed by atoms with Gasteiger partial charge in [0.1, 0.15) is 0 Å². The summed E-state index contributed by atoms with van der Waals surface area (Å²) in [7, 11) is 0. The van der Waals surface area contributed by atoms with Crippen LogP contribution in [0.2, 0.25) is 0 Å². The van der Waals surface area contributed by atoms with E-state index >= 15 is 0 Å². The molecule has 30 heavy (non-hydrogen) atoms. The zero-order valence-corrected chi connectivity index (χ0v) is 17.7. The fourth-order valence-corrected chi connectivity index (χ4v) is 4.18. The van der Waals surface area contributed by atoms with E-state index in [1.807, 2.05) is 48.2 Å². The number of amides is 2. The minimum atomic E-state index is -0.135. The van der Waals surface area contributed by atoms with Gasteiger partial charge in [-0.1, -0.05) is 60.7 Å². The van der Waals surface area contributed by atoms with Crippen LogP contribution in [0.5, 0.6) is 0 Å². The molecule has 1 aliphatic carbocycles. The highest BCUT2D eigenvalue weighted by Crippen LogP contribution is 2.29. The number of nitrogens with zero attached hydrogens (tertiary/aromatic N) is 2. The molecule has 4 rings (SSSR count). The molecule has 5 nitrogen and oxygen atoms in total. The molecule has 1 N–H and O–H groups in total. The van der Waals surface area contributed by atoms with Gasteiger partial charge in [0.05, 0.1) is 6.04 Å². The van der Waals surface area contributed by atoms with Crippen LogP contribution in [-0.2, 0) is 9.59 Å². The normalized spacial score (nSPS) is 18.3. The van der Waals surface area contributed by atoms with E-state index < -0.39 is 0 Å². The first kappa shape index (κ1) is 20.6. The van der Waals surface area contributed by atoms with Crippen LogP contribution in [0.4, 0.5) is 0 Å². The van der Waals surface area contributed by atoms with Crippen molar-refractivity contribution in [3.63, 3.8) is 0 Å². The predicted molar refractivity (Wildman–Crippen MR) is 118 cm³/mol. The lowest BCUT2D eigenvalue weighted by molar-refractivity contribution is -0.134. The first-order chi connectivity index (χ1) is 14.6. The van der Waals surface area contributed by atoms with E-state index in [1.54, 1.807) is 0 Å². The van der Waals surface area contributed by atoms with Crippen LogP contribution in [0, 0.1) is 0 Å². The van der Waals surface area contributed by atoms with Gasteiger partial charge in [-0.2, -0.15) is 0 Å². The third-order valence-corrected chi connectivity index (χ3v) is 6.30. The zero-order chi connectivity index (χ0) is 20.9. The number of hydrogen-bond acceptors (Lipinski definition) is 3. The number of rotatable bonds is 7. The molecule has 2 aliphatic rings. The van der Waals surface area contributed by atoms with E-state index in [2.05, 4.69) is 34.5 Å². The highest BCUT2D eigenvalue weighted by atomic mass is 16.2. The van der Waals surface area contributed by atoms with Gasteiger partial charge >= 0.3 is 0 Å². The van der Waals surface area contributed by atoms with E-state index in [1.165, 1.54) is 11.1 Å². The molecule has 2 aromatic rings. The lowest BCUT2D eigenvalue weighted by Gasteiger charge is -2.38. The fraction of sp³-hybridized carbons (Fsp3) is 0.440. The molecule has 0 radical (unpaired) electrons. The number of hydrogen-bond donors (Lipinski definition) is 1. The molecule has 1 heterocycles. The highest BCUT2D eigenvalue weighted by Gasteiger charge is 2.31. The Morgan fingerprint density at radius 1 is 0.900 bits per heavy atom. The maximum Gasteiger partial charge on any atom is 0.237 e. The molecule has 158 valence electrons. The van der Waals surface area contributed by atoms with Gasteiger partial charge in [-0.15, -0.1) is 0 Å². The van der Waals surface area contributed by atoms with E-state index in [9.17, 15) is 9.59 Å². The van der Waals surface area contributed by atoms with Crippen LogP contribution in [0.15, 0.2) is 60.7 Å². The topological polar surface area (TPSA) is 52.7 Å². The van der Waals surface area contributed by atoms with Crippen molar-refractivity contribution in [1.82, 2.24) is 15.1 Å². The molecule has 0 aromatic heterocycles. The van der Waals surface area contributed by atoms with Gasteiger partial charge < -0.3 is 10.2 Å². The largest absolute Gasteiger partial charge is 0.352 e. The van der Waals surface area contributed by atoms with Gasteiger partial charge in [0.15, 0.2) is 0 Å². The lowest BCUT2D eigenvalue weighted by Crippen LogP contribution is -2.55. The number of carbonyl (C=O) groups excluding carboxylic acids is 2. The molecule has 2 aromatic carbocycles. The summed E-state index contributed by atoms with van der Waals surface area (Å²) in [6, 6.07) is 20.8. The fourth-order valence-electron chi connectivity index (χ4n) is 4.18. The second-order valence-electron chi connectivity index (χ2n) is 8.45. The molecule has 2 fully saturated rings. The van der Waals surface area contributed by atoms with Crippen LogP contribution >= 0.6 is 0 Å². The summed E-state index contributed by atoms with van der Waals surface area (Å²) in [4.78, 5) is 29.6. The Kier molecular flexibility index (Phi) is 6.48. The Morgan fingerprint density at radius 2 is 1.43 bits per heavy atom. The van der Waals surface area contributed by atoms with Gasteiger partial charge in [-0.3, -0.25) is 14.5 Å². The first-order valence-corrected chi connectivity index (χ1v) is 11.0. The number of nitrogens with one attached hydrogen (secondary N) is 1. The van der Waals surface area contributed by atoms with Gasteiger partial charge in [0.25, 0.3) is 0 Å². The summed E-state index contributed by atoms with van der Waals surface area (Å²) < 4.78 is 0. The van der Waals surface area contributed by atoms with Crippen molar-refractivity contribution >= 4 is 11.8 Å². The Bertz CT molecular complexity index is 804. The van der Waals surface area contributed by atoms with Crippen LogP contribution < -0.4 is 5.32 Å². The predicted octanol–water partition coefficient (Wildman–Crippen LogP) is 3.02. The number of carbonyl (C=O) groups is 2. The Labute approximate surface area is 179 Å². The van der Waals surface area contributed by atoms with Crippen LogP contribution in [-0.4, -0.2) is 59.9 Å². The molecule has 1 saturated carbocycles. The van der Waals surface area contributed by atoms with Crippen molar-refractivity contribution in [2.45, 2.75) is 44.2 Å². The average Bonchev–Trinajstić information content (AvgIpc) is 3.62. The molecule has 0 bridgehead atoms. The summed E-state index contributed by atoms with van der Waals surface area (Å²) in [5, 5.41) is 3.09. The SMILES string of the molecule is CC(C(=O)NC1CC1)N1CCN(C(=O)CC(c2ccccc2)c2ccccc2)CC1. The summed E-state index contributed by atoms with van der Waals surface area (Å²) in [5.74, 6) is 0.356. The third-order valence-electron chi connectivity index (χ3n) is 6.30. The quantitative estimate of drug-likeness (QED) is 0.770. The maximum atomic E-state index is 13.1. The van der Waals surface area contributed by atoms with E-state index in [-0.39, 0.29) is 23.8 Å². The average molecular weight is 406 g/mol. The molecule has 2 amide bonds. The monoisotopic (exact) mass is 405 g/mol. The summed E-state index contributed by atoms with van der Waals surface area (Å²) in [6.45, 7) is 4.81. The van der Waals surface area contributed by atoms with Gasteiger partial charge in [-0.05, 0) is 30.9 Å². The molecule has 1 saturated heterocycles. The Morgan fingerprint density at radius 3 is 1.93 bits per heavy atom. The lowest BCUT2D eigenvalue weighted by atomic mass is 9.88. The minimum absolute atomic E-state index is 0.0566. The van der Waals surface area contributed by atoms with Crippen molar-refractivity contribution in [3.05, 3.63) is 71.8 Å². The number of benzene rings is 2. The second kappa shape index (κ2) is 9.43. The molecule has 1 atom stereocenters. The van der Waals surface area contributed by atoms with Crippen LogP contribution in [0.3, 0.4) is 0 Å². The summed E-state index contributed by atoms with van der Waals surface area (Å²) in [6.07, 6.45) is 2.67. The van der Waals surface area contributed by atoms with Gasteiger partial charge in [0, 0.05) is 44.6 Å². The van der Waals surface area contributed by atoms with Crippen molar-refractivity contribution < 1.29 is 9.59 Å². The van der Waals surface area contributed by atoms with E-state index in [0.717, 1.165) is 25.9 Å². The van der Waals surface area contributed by atoms with Gasteiger partial charge in [-0.25, -0.2) is 0 Å². The molecular formula is C25H31N3O2. The van der Waals surface area contributed by atoms with Crippen molar-refractivity contribution in [2.75, 3.05) is 26.2 Å². The standard InChI is InChI=1S/C25H31N3O2/c1-19(25(30)26-22-12-13-22)27-14-16-28(17-15-27)24(29)18-23(20-8-4-2-5-9-20)21-10-6-3-7-11-21/h2-11,19,22-23H,12-18H2,1H3,(H,26,30). The summed E-state index contributed by atoms with van der Waals surface area (Å²) in [5.41, 5.74) is 2.34. The number of piperazine rings is 1. The van der Waals surface area contributed by atoms with Crippen LogP contribution in [0.1, 0.15) is 43.2 Å². The summed E-state index contributed by atoms with van der Waals surface area (Å²) >= 11 is 0. The Hall–Kier alpha value is -2.66. The third kappa shape index (κ3) is 5.08. The highest BCUT2D eigenvalue weighted by molar-refractivity contribution is 5.82. The van der Waals surface area contributed by atoms with E-state index in [0.29, 0.717) is 25.6 Å². The minimum Gasteiger partial charge on any atom is -0.352 e. The van der Waals surface area contributed by atoms with Crippen molar-refractivity contribution in [3.8, 4) is 0 Å². The molecule has 1 unspecified atom stereocenters. The van der Waals surface area contributed by atoms with Crippen molar-refractivity contribution in [2.24, 2.45) is 0 Å². The molecular weight excluding hydrogens is 374 g/mol. The smallest absolute Gasteiger partial charge is 0.237 e. The molecule has 5 heteroatoms. The van der Waals surface area contributed by atoms with Gasteiger partial charge in [0.2, 0.25) is 11.8 Å². The molecule has 0 spiro atoms. The second-order valence-corrected chi connectivity index (χ2v) is 8.45. The van der Waals surface area contributed by atoms with Crippen LogP contribution in [0.25, 0.3) is 0 Å². The maximum absolute atomic E-state index is 13.1. The molecule has 1 aliphatic heterocycles. The van der Waals surface area contributed by atoms with E-state index in [4.69, 9.17) is 0 Å². The first-order valence-electron chi connectivity index (χ1n) is 11.0. The zero-order valence-electron chi connectivity index (χ0n) is 17.7.